The number of aromatic nitrogens is 1. The number of aryl methyl sites for hydroxylation is 2. The topological polar surface area (TPSA) is 45.5 Å². The number of rotatable bonds is 3. The molecule has 0 radical (unpaired) electrons. The van der Waals surface area contributed by atoms with Crippen LogP contribution in [0.25, 0.3) is 0 Å². The van der Waals surface area contributed by atoms with Gasteiger partial charge < -0.3 is 5.11 Å². The quantitative estimate of drug-likeness (QED) is 0.838. The standard InChI is InChI=1S/C15H16N2O/c1-11-7-13(15(18)8-12(11)2)9-16-10-14-5-3-4-6-17-14/h3-9,18H,10H2,1-2H3. The van der Waals surface area contributed by atoms with Crippen molar-refractivity contribution in [3.8, 4) is 5.75 Å². The molecule has 1 heterocycles. The lowest BCUT2D eigenvalue weighted by molar-refractivity contribution is 0.474. The minimum Gasteiger partial charge on any atom is -0.507 e. The molecule has 0 atom stereocenters. The van der Waals surface area contributed by atoms with Crippen molar-refractivity contribution in [3.05, 3.63) is 58.9 Å². The summed E-state index contributed by atoms with van der Waals surface area (Å²) in [6.07, 6.45) is 3.44. The summed E-state index contributed by atoms with van der Waals surface area (Å²) in [4.78, 5) is 8.48. The molecule has 0 spiro atoms. The van der Waals surface area contributed by atoms with Crippen molar-refractivity contribution >= 4 is 6.21 Å². The summed E-state index contributed by atoms with van der Waals surface area (Å²) in [6, 6.07) is 9.44. The fourth-order valence-corrected chi connectivity index (χ4v) is 1.66. The summed E-state index contributed by atoms with van der Waals surface area (Å²) in [5.41, 5.74) is 3.88. The number of nitrogens with zero attached hydrogens (tertiary/aromatic N) is 2. The van der Waals surface area contributed by atoms with E-state index in [2.05, 4.69) is 9.98 Å². The Kier molecular flexibility index (Phi) is 3.72. The first-order valence-electron chi connectivity index (χ1n) is 5.87. The molecule has 0 fully saturated rings. The second kappa shape index (κ2) is 5.45. The smallest absolute Gasteiger partial charge is 0.124 e. The van der Waals surface area contributed by atoms with Gasteiger partial charge in [0.25, 0.3) is 0 Å². The maximum atomic E-state index is 9.81. The minimum atomic E-state index is 0.267. The average molecular weight is 240 g/mol. The van der Waals surface area contributed by atoms with Crippen LogP contribution in [-0.4, -0.2) is 16.3 Å². The molecule has 1 N–H and O–H groups in total. The lowest BCUT2D eigenvalue weighted by atomic mass is 10.1. The molecule has 2 rings (SSSR count). The molecule has 1 aromatic carbocycles. The largest absolute Gasteiger partial charge is 0.507 e. The molecule has 0 saturated heterocycles. The maximum absolute atomic E-state index is 9.81. The van der Waals surface area contributed by atoms with Crippen LogP contribution in [0, 0.1) is 13.8 Å². The highest BCUT2D eigenvalue weighted by molar-refractivity contribution is 5.83. The number of phenolic OH excluding ortho intramolecular Hbond substituents is 1. The molecule has 2 aromatic rings. The lowest BCUT2D eigenvalue weighted by Gasteiger charge is -2.04. The van der Waals surface area contributed by atoms with Gasteiger partial charge in [0, 0.05) is 18.0 Å². The zero-order valence-electron chi connectivity index (χ0n) is 10.6. The molecule has 0 bridgehead atoms. The van der Waals surface area contributed by atoms with Crippen molar-refractivity contribution in [3.63, 3.8) is 0 Å². The predicted octanol–water partition coefficient (Wildman–Crippen LogP) is 3.02. The van der Waals surface area contributed by atoms with Gasteiger partial charge >= 0.3 is 0 Å². The Balaban J connectivity index is 2.12. The molecule has 92 valence electrons. The molecular formula is C15H16N2O. The van der Waals surface area contributed by atoms with Crippen LogP contribution in [-0.2, 0) is 6.54 Å². The first-order chi connectivity index (χ1) is 8.66. The van der Waals surface area contributed by atoms with Crippen LogP contribution in [0.15, 0.2) is 41.5 Å². The number of benzene rings is 1. The summed E-state index contributed by atoms with van der Waals surface area (Å²) < 4.78 is 0. The Morgan fingerprint density at radius 2 is 2.00 bits per heavy atom. The maximum Gasteiger partial charge on any atom is 0.124 e. The molecule has 3 heteroatoms. The van der Waals surface area contributed by atoms with E-state index in [-0.39, 0.29) is 5.75 Å². The highest BCUT2D eigenvalue weighted by atomic mass is 16.3. The van der Waals surface area contributed by atoms with Gasteiger partial charge in [0.15, 0.2) is 0 Å². The Bertz CT molecular complexity index is 562. The van der Waals surface area contributed by atoms with Crippen LogP contribution in [0.1, 0.15) is 22.4 Å². The van der Waals surface area contributed by atoms with E-state index in [1.54, 1.807) is 18.5 Å². The van der Waals surface area contributed by atoms with Gasteiger partial charge in [0.05, 0.1) is 12.2 Å². The van der Waals surface area contributed by atoms with E-state index in [0.29, 0.717) is 6.54 Å². The Labute approximate surface area is 107 Å². The zero-order valence-corrected chi connectivity index (χ0v) is 10.6. The molecule has 0 aliphatic heterocycles. The number of hydrogen-bond acceptors (Lipinski definition) is 3. The van der Waals surface area contributed by atoms with Crippen molar-refractivity contribution < 1.29 is 5.11 Å². The van der Waals surface area contributed by atoms with Gasteiger partial charge in [-0.3, -0.25) is 9.98 Å². The van der Waals surface area contributed by atoms with Crippen LogP contribution in [0.3, 0.4) is 0 Å². The molecule has 1 aromatic heterocycles. The number of aliphatic imine (C=N–C) groups is 1. The van der Waals surface area contributed by atoms with Gasteiger partial charge in [-0.05, 0) is 49.2 Å². The third kappa shape index (κ3) is 2.94. The Morgan fingerprint density at radius 3 is 2.72 bits per heavy atom. The number of pyridine rings is 1. The predicted molar refractivity (Wildman–Crippen MR) is 73.1 cm³/mol. The van der Waals surface area contributed by atoms with Gasteiger partial charge in [0.2, 0.25) is 0 Å². The number of aromatic hydroxyl groups is 1. The van der Waals surface area contributed by atoms with Crippen molar-refractivity contribution in [2.45, 2.75) is 20.4 Å². The lowest BCUT2D eigenvalue weighted by Crippen LogP contribution is -1.90. The first kappa shape index (κ1) is 12.3. The van der Waals surface area contributed by atoms with Crippen LogP contribution in [0.4, 0.5) is 0 Å². The van der Waals surface area contributed by atoms with Crippen molar-refractivity contribution in [2.24, 2.45) is 4.99 Å². The van der Waals surface area contributed by atoms with E-state index in [0.717, 1.165) is 22.4 Å². The fourth-order valence-electron chi connectivity index (χ4n) is 1.66. The first-order valence-corrected chi connectivity index (χ1v) is 5.87. The molecular weight excluding hydrogens is 224 g/mol. The molecule has 0 aliphatic carbocycles. The highest BCUT2D eigenvalue weighted by Gasteiger charge is 2.01. The molecule has 0 aliphatic rings. The van der Waals surface area contributed by atoms with E-state index in [1.165, 1.54) is 0 Å². The van der Waals surface area contributed by atoms with Gasteiger partial charge in [-0.25, -0.2) is 0 Å². The van der Waals surface area contributed by atoms with Crippen LogP contribution in [0.5, 0.6) is 5.75 Å². The summed E-state index contributed by atoms with van der Waals surface area (Å²) in [5, 5.41) is 9.81. The third-order valence-corrected chi connectivity index (χ3v) is 2.85. The normalized spacial score (nSPS) is 11.0. The van der Waals surface area contributed by atoms with E-state index in [4.69, 9.17) is 0 Å². The van der Waals surface area contributed by atoms with Gasteiger partial charge in [-0.1, -0.05) is 6.07 Å². The van der Waals surface area contributed by atoms with Crippen LogP contribution in [0.2, 0.25) is 0 Å². The van der Waals surface area contributed by atoms with E-state index < -0.39 is 0 Å². The van der Waals surface area contributed by atoms with E-state index in [9.17, 15) is 5.11 Å². The zero-order chi connectivity index (χ0) is 13.0. The summed E-state index contributed by atoms with van der Waals surface area (Å²) >= 11 is 0. The average Bonchev–Trinajstić information content (AvgIpc) is 2.37. The van der Waals surface area contributed by atoms with Crippen LogP contribution >= 0.6 is 0 Å². The molecule has 0 saturated carbocycles. The summed E-state index contributed by atoms with van der Waals surface area (Å²) in [7, 11) is 0. The van der Waals surface area contributed by atoms with Crippen molar-refractivity contribution in [2.75, 3.05) is 0 Å². The second-order valence-electron chi connectivity index (χ2n) is 4.29. The van der Waals surface area contributed by atoms with Gasteiger partial charge in [0.1, 0.15) is 5.75 Å². The summed E-state index contributed by atoms with van der Waals surface area (Å²) in [6.45, 7) is 4.52. The number of phenols is 1. The Morgan fingerprint density at radius 1 is 1.22 bits per heavy atom. The van der Waals surface area contributed by atoms with Crippen LogP contribution < -0.4 is 0 Å². The Hall–Kier alpha value is -2.16. The molecule has 0 unspecified atom stereocenters. The van der Waals surface area contributed by atoms with Crippen molar-refractivity contribution in [1.29, 1.82) is 0 Å². The van der Waals surface area contributed by atoms with Gasteiger partial charge in [-0.2, -0.15) is 0 Å². The molecule has 18 heavy (non-hydrogen) atoms. The summed E-state index contributed by atoms with van der Waals surface area (Å²) in [5.74, 6) is 0.267. The van der Waals surface area contributed by atoms with Crippen molar-refractivity contribution in [1.82, 2.24) is 4.98 Å². The third-order valence-electron chi connectivity index (χ3n) is 2.85. The molecule has 3 nitrogen and oxygen atoms in total. The van der Waals surface area contributed by atoms with E-state index >= 15 is 0 Å². The fraction of sp³-hybridized carbons (Fsp3) is 0.200. The number of hydrogen-bond donors (Lipinski definition) is 1. The monoisotopic (exact) mass is 240 g/mol. The minimum absolute atomic E-state index is 0.267. The molecule has 0 amide bonds. The SMILES string of the molecule is Cc1cc(O)c(C=NCc2ccccn2)cc1C. The second-order valence-corrected chi connectivity index (χ2v) is 4.29. The van der Waals surface area contributed by atoms with E-state index in [1.807, 2.05) is 38.1 Å². The van der Waals surface area contributed by atoms with Gasteiger partial charge in [-0.15, -0.1) is 0 Å². The highest BCUT2D eigenvalue weighted by Crippen LogP contribution is 2.20.